The van der Waals surface area contributed by atoms with Gasteiger partial charge in [-0.1, -0.05) is 39.7 Å². The van der Waals surface area contributed by atoms with Crippen LogP contribution in [-0.4, -0.2) is 4.98 Å². The molecule has 0 unspecified atom stereocenters. The number of nitrogens with zero attached hydrogens (tertiary/aromatic N) is 1. The lowest BCUT2D eigenvalue weighted by Gasteiger charge is -2.02. The van der Waals surface area contributed by atoms with E-state index in [9.17, 15) is 0 Å². The first-order valence-corrected chi connectivity index (χ1v) is 5.41. The third-order valence-electron chi connectivity index (χ3n) is 1.93. The number of fused-ring (bicyclic) bond motifs is 1. The predicted molar refractivity (Wildman–Crippen MR) is 59.4 cm³/mol. The quantitative estimate of drug-likeness (QED) is 0.559. The Morgan fingerprint density at radius 2 is 2.08 bits per heavy atom. The number of aromatic nitrogens is 1. The van der Waals surface area contributed by atoms with Gasteiger partial charge in [0.15, 0.2) is 0 Å². The highest BCUT2D eigenvalue weighted by Crippen LogP contribution is 2.20. The summed E-state index contributed by atoms with van der Waals surface area (Å²) in [5.41, 5.74) is 2.19. The molecule has 2 aromatic rings. The average molecular weight is 257 g/mol. The number of hydrogen-bond acceptors (Lipinski definition) is 1. The molecular weight excluding hydrogens is 249 g/mol. The Labute approximate surface area is 89.9 Å². The van der Waals surface area contributed by atoms with Crippen molar-refractivity contribution in [1.29, 1.82) is 0 Å². The molecule has 1 aromatic carbocycles. The van der Waals surface area contributed by atoms with Crippen molar-refractivity contribution in [3.05, 3.63) is 41.0 Å². The Hall–Kier alpha value is -0.600. The zero-order valence-corrected chi connectivity index (χ0v) is 9.14. The van der Waals surface area contributed by atoms with E-state index in [2.05, 4.69) is 27.0 Å². The molecule has 13 heavy (non-hydrogen) atoms. The van der Waals surface area contributed by atoms with Gasteiger partial charge < -0.3 is 0 Å². The van der Waals surface area contributed by atoms with E-state index in [1.165, 1.54) is 5.56 Å². The van der Waals surface area contributed by atoms with Gasteiger partial charge in [-0.3, -0.25) is 0 Å². The summed E-state index contributed by atoms with van der Waals surface area (Å²) in [4.78, 5) is 4.23. The molecule has 0 atom stereocenters. The highest BCUT2D eigenvalue weighted by Gasteiger charge is 2.00. The van der Waals surface area contributed by atoms with Gasteiger partial charge in [0, 0.05) is 10.7 Å². The lowest BCUT2D eigenvalue weighted by molar-refractivity contribution is 1.38. The first kappa shape index (κ1) is 8.97. The maximum atomic E-state index is 5.79. The Morgan fingerprint density at radius 3 is 2.85 bits per heavy atom. The van der Waals surface area contributed by atoms with Crippen molar-refractivity contribution in [3.8, 4) is 0 Å². The molecule has 0 amide bonds. The summed E-state index contributed by atoms with van der Waals surface area (Å²) in [7, 11) is 0. The van der Waals surface area contributed by atoms with Crippen LogP contribution in [0.25, 0.3) is 10.9 Å². The van der Waals surface area contributed by atoms with Gasteiger partial charge in [-0.2, -0.15) is 0 Å². The standard InChI is InChI=1S/C10H7BrClN/c11-6-7-2-1-3-9-8(7)4-5-10(12)13-9/h1-5H,6H2. The van der Waals surface area contributed by atoms with Gasteiger partial charge in [0.1, 0.15) is 5.15 Å². The highest BCUT2D eigenvalue weighted by atomic mass is 79.9. The van der Waals surface area contributed by atoms with Gasteiger partial charge in [0.25, 0.3) is 0 Å². The van der Waals surface area contributed by atoms with E-state index in [-0.39, 0.29) is 0 Å². The number of benzene rings is 1. The smallest absolute Gasteiger partial charge is 0.129 e. The zero-order valence-electron chi connectivity index (χ0n) is 6.80. The fraction of sp³-hybridized carbons (Fsp3) is 0.100. The summed E-state index contributed by atoms with van der Waals surface area (Å²) in [6, 6.07) is 9.85. The number of rotatable bonds is 1. The summed E-state index contributed by atoms with van der Waals surface area (Å²) in [6.45, 7) is 0. The third kappa shape index (κ3) is 1.69. The fourth-order valence-corrected chi connectivity index (χ4v) is 1.95. The normalized spacial score (nSPS) is 10.6. The second-order valence-corrected chi connectivity index (χ2v) is 3.70. The molecule has 0 spiro atoms. The molecule has 0 aliphatic carbocycles. The molecule has 0 fully saturated rings. The van der Waals surface area contributed by atoms with Crippen molar-refractivity contribution < 1.29 is 0 Å². The van der Waals surface area contributed by atoms with E-state index in [0.717, 1.165) is 16.2 Å². The van der Waals surface area contributed by atoms with Crippen molar-refractivity contribution in [2.24, 2.45) is 0 Å². The van der Waals surface area contributed by atoms with Crippen molar-refractivity contribution in [2.45, 2.75) is 5.33 Å². The number of pyridine rings is 1. The second-order valence-electron chi connectivity index (χ2n) is 2.75. The SMILES string of the molecule is Clc1ccc2c(CBr)cccc2n1. The maximum absolute atomic E-state index is 5.79. The lowest BCUT2D eigenvalue weighted by atomic mass is 10.1. The Morgan fingerprint density at radius 1 is 1.23 bits per heavy atom. The molecule has 0 aliphatic heterocycles. The summed E-state index contributed by atoms with van der Waals surface area (Å²) in [5.74, 6) is 0. The molecule has 2 rings (SSSR count). The van der Waals surface area contributed by atoms with Crippen LogP contribution in [0.5, 0.6) is 0 Å². The van der Waals surface area contributed by atoms with Crippen LogP contribution >= 0.6 is 27.5 Å². The van der Waals surface area contributed by atoms with Gasteiger partial charge in [0.2, 0.25) is 0 Å². The topological polar surface area (TPSA) is 12.9 Å². The first-order chi connectivity index (χ1) is 6.31. The summed E-state index contributed by atoms with van der Waals surface area (Å²) >= 11 is 9.23. The molecule has 1 aromatic heterocycles. The largest absolute Gasteiger partial charge is 0.236 e. The van der Waals surface area contributed by atoms with E-state index in [4.69, 9.17) is 11.6 Å². The molecule has 0 radical (unpaired) electrons. The maximum Gasteiger partial charge on any atom is 0.129 e. The van der Waals surface area contributed by atoms with Crippen LogP contribution < -0.4 is 0 Å². The molecule has 0 N–H and O–H groups in total. The molecule has 3 heteroatoms. The van der Waals surface area contributed by atoms with Crippen LogP contribution in [0.15, 0.2) is 30.3 Å². The fourth-order valence-electron chi connectivity index (χ4n) is 1.31. The minimum absolute atomic E-state index is 0.541. The average Bonchev–Trinajstić information content (AvgIpc) is 2.16. The minimum atomic E-state index is 0.541. The second kappa shape index (κ2) is 3.64. The van der Waals surface area contributed by atoms with Gasteiger partial charge in [-0.25, -0.2) is 4.98 Å². The molecule has 66 valence electrons. The van der Waals surface area contributed by atoms with Crippen LogP contribution in [0.3, 0.4) is 0 Å². The molecule has 0 saturated heterocycles. The van der Waals surface area contributed by atoms with Crippen LogP contribution in [0, 0.1) is 0 Å². The van der Waals surface area contributed by atoms with E-state index < -0.39 is 0 Å². The van der Waals surface area contributed by atoms with Gasteiger partial charge in [-0.05, 0) is 23.8 Å². The van der Waals surface area contributed by atoms with Crippen molar-refractivity contribution in [2.75, 3.05) is 0 Å². The summed E-state index contributed by atoms with van der Waals surface area (Å²) < 4.78 is 0. The molecule has 0 aliphatic rings. The molecule has 0 bridgehead atoms. The first-order valence-electron chi connectivity index (χ1n) is 3.91. The monoisotopic (exact) mass is 255 g/mol. The molecule has 0 saturated carbocycles. The van der Waals surface area contributed by atoms with Crippen LogP contribution in [-0.2, 0) is 5.33 Å². The van der Waals surface area contributed by atoms with E-state index in [1.54, 1.807) is 0 Å². The van der Waals surface area contributed by atoms with E-state index >= 15 is 0 Å². The number of alkyl halides is 1. The Balaban J connectivity index is 2.77. The van der Waals surface area contributed by atoms with Crippen molar-refractivity contribution in [3.63, 3.8) is 0 Å². The number of halogens is 2. The summed E-state index contributed by atoms with van der Waals surface area (Å²) in [5, 5.41) is 2.54. The molecule has 1 nitrogen and oxygen atoms in total. The minimum Gasteiger partial charge on any atom is -0.236 e. The summed E-state index contributed by atoms with van der Waals surface area (Å²) in [6.07, 6.45) is 0. The Kier molecular flexibility index (Phi) is 2.51. The van der Waals surface area contributed by atoms with Crippen LogP contribution in [0.1, 0.15) is 5.56 Å². The van der Waals surface area contributed by atoms with Gasteiger partial charge in [0.05, 0.1) is 5.52 Å². The molecule has 1 heterocycles. The Bertz CT molecular complexity index is 442. The number of hydrogen-bond donors (Lipinski definition) is 0. The molecular formula is C10H7BrClN. The van der Waals surface area contributed by atoms with Gasteiger partial charge >= 0.3 is 0 Å². The lowest BCUT2D eigenvalue weighted by Crippen LogP contribution is -1.84. The predicted octanol–water partition coefficient (Wildman–Crippen LogP) is 3.78. The van der Waals surface area contributed by atoms with Crippen LogP contribution in [0.2, 0.25) is 5.15 Å². The third-order valence-corrected chi connectivity index (χ3v) is 2.75. The van der Waals surface area contributed by atoms with Gasteiger partial charge in [-0.15, -0.1) is 0 Å². The highest BCUT2D eigenvalue weighted by molar-refractivity contribution is 9.08. The van der Waals surface area contributed by atoms with E-state index in [1.807, 2.05) is 24.3 Å². The zero-order chi connectivity index (χ0) is 9.26. The van der Waals surface area contributed by atoms with Crippen LogP contribution in [0.4, 0.5) is 0 Å². The van der Waals surface area contributed by atoms with Crippen molar-refractivity contribution >= 4 is 38.4 Å². The van der Waals surface area contributed by atoms with E-state index in [0.29, 0.717) is 5.15 Å². The van der Waals surface area contributed by atoms with Crippen molar-refractivity contribution in [1.82, 2.24) is 4.98 Å².